The first-order valence-electron chi connectivity index (χ1n) is 5.51. The summed E-state index contributed by atoms with van der Waals surface area (Å²) in [6, 6.07) is 12.5. The number of hydrogen-bond donors (Lipinski definition) is 0. The lowest BCUT2D eigenvalue weighted by Gasteiger charge is -2.04. The molecule has 0 fully saturated rings. The largest absolute Gasteiger partial charge is 0.256 e. The highest BCUT2D eigenvalue weighted by Crippen LogP contribution is 2.19. The molecular weight excluding hydrogens is 194 g/mol. The summed E-state index contributed by atoms with van der Waals surface area (Å²) in [7, 11) is 0. The molecule has 0 aliphatic carbocycles. The van der Waals surface area contributed by atoms with E-state index in [0.717, 1.165) is 23.2 Å². The van der Waals surface area contributed by atoms with Crippen molar-refractivity contribution < 1.29 is 0 Å². The van der Waals surface area contributed by atoms with E-state index in [9.17, 15) is 0 Å². The predicted octanol–water partition coefficient (Wildman–Crippen LogP) is 3.95. The smallest absolute Gasteiger partial charge is 0.0704 e. The third kappa shape index (κ3) is 2.19. The fourth-order valence-electron chi connectivity index (χ4n) is 1.68. The average molecular weight is 209 g/mol. The van der Waals surface area contributed by atoms with E-state index in [1.165, 1.54) is 5.56 Å². The van der Waals surface area contributed by atoms with Crippen molar-refractivity contribution >= 4 is 6.08 Å². The molecule has 1 heteroatoms. The molecule has 0 bridgehead atoms. The van der Waals surface area contributed by atoms with Crippen LogP contribution in [0.25, 0.3) is 17.3 Å². The molecule has 0 spiro atoms. The lowest BCUT2D eigenvalue weighted by molar-refractivity contribution is 1.12. The van der Waals surface area contributed by atoms with Crippen LogP contribution in [0.15, 0.2) is 49.2 Å². The molecule has 0 unspecified atom stereocenters. The van der Waals surface area contributed by atoms with Gasteiger partial charge in [0.05, 0.1) is 5.69 Å². The van der Waals surface area contributed by atoms with Crippen LogP contribution >= 0.6 is 0 Å². The maximum Gasteiger partial charge on any atom is 0.0704 e. The van der Waals surface area contributed by atoms with Crippen molar-refractivity contribution in [3.63, 3.8) is 0 Å². The van der Waals surface area contributed by atoms with Crippen LogP contribution in [0.5, 0.6) is 0 Å². The zero-order valence-electron chi connectivity index (χ0n) is 9.48. The number of hydrogen-bond acceptors (Lipinski definition) is 1. The van der Waals surface area contributed by atoms with Crippen LogP contribution in [0.3, 0.4) is 0 Å². The molecule has 1 heterocycles. The van der Waals surface area contributed by atoms with Crippen molar-refractivity contribution in [2.45, 2.75) is 13.3 Å². The van der Waals surface area contributed by atoms with Crippen molar-refractivity contribution in [1.82, 2.24) is 4.98 Å². The van der Waals surface area contributed by atoms with Crippen LogP contribution in [0, 0.1) is 0 Å². The van der Waals surface area contributed by atoms with Gasteiger partial charge in [-0.15, -0.1) is 0 Å². The third-order valence-corrected chi connectivity index (χ3v) is 2.65. The van der Waals surface area contributed by atoms with E-state index in [1.54, 1.807) is 0 Å². The molecule has 0 aliphatic rings. The minimum Gasteiger partial charge on any atom is -0.256 e. The second-order valence-electron chi connectivity index (χ2n) is 3.73. The van der Waals surface area contributed by atoms with E-state index in [0.29, 0.717) is 0 Å². The fourth-order valence-corrected chi connectivity index (χ4v) is 1.68. The van der Waals surface area contributed by atoms with Crippen molar-refractivity contribution in [3.05, 3.63) is 60.3 Å². The molecular formula is C15H15N. The van der Waals surface area contributed by atoms with Gasteiger partial charge in [-0.2, -0.15) is 0 Å². The van der Waals surface area contributed by atoms with E-state index < -0.39 is 0 Å². The Bertz CT molecular complexity index is 500. The molecule has 1 aromatic heterocycles. The molecule has 0 atom stereocenters. The van der Waals surface area contributed by atoms with Crippen LogP contribution in [0.4, 0.5) is 0 Å². The summed E-state index contributed by atoms with van der Waals surface area (Å²) in [6.07, 6.45) is 4.76. The lowest BCUT2D eigenvalue weighted by Crippen LogP contribution is -1.87. The van der Waals surface area contributed by atoms with Gasteiger partial charge in [0.25, 0.3) is 0 Å². The Morgan fingerprint density at radius 2 is 2.12 bits per heavy atom. The minimum absolute atomic E-state index is 1.03. The first-order valence-corrected chi connectivity index (χ1v) is 5.51. The van der Waals surface area contributed by atoms with Crippen LogP contribution in [-0.4, -0.2) is 4.98 Å². The normalized spacial score (nSPS) is 10.1. The van der Waals surface area contributed by atoms with Crippen molar-refractivity contribution in [3.8, 4) is 11.3 Å². The van der Waals surface area contributed by atoms with Crippen LogP contribution in [0.1, 0.15) is 18.1 Å². The number of aromatic nitrogens is 1. The van der Waals surface area contributed by atoms with Crippen molar-refractivity contribution in [1.29, 1.82) is 0 Å². The minimum atomic E-state index is 1.03. The standard InChI is InChI=1S/C15H15N/c1-3-12-6-5-7-14(10-12)15-11-13(4-2)8-9-16-15/h3,5-11H,1,4H2,2H3. The molecule has 1 aromatic carbocycles. The second kappa shape index (κ2) is 4.75. The molecule has 1 nitrogen and oxygen atoms in total. The maximum absolute atomic E-state index is 4.40. The summed E-state index contributed by atoms with van der Waals surface area (Å²) in [5.41, 5.74) is 4.62. The highest BCUT2D eigenvalue weighted by atomic mass is 14.7. The van der Waals surface area contributed by atoms with Crippen LogP contribution in [-0.2, 0) is 6.42 Å². The van der Waals surface area contributed by atoms with Gasteiger partial charge < -0.3 is 0 Å². The number of rotatable bonds is 3. The van der Waals surface area contributed by atoms with Gasteiger partial charge in [-0.05, 0) is 35.7 Å². The summed E-state index contributed by atoms with van der Waals surface area (Å²) in [4.78, 5) is 4.40. The number of nitrogens with zero attached hydrogens (tertiary/aromatic N) is 1. The highest BCUT2D eigenvalue weighted by molar-refractivity contribution is 5.64. The van der Waals surface area contributed by atoms with E-state index >= 15 is 0 Å². The Balaban J connectivity index is 2.45. The maximum atomic E-state index is 4.40. The van der Waals surface area contributed by atoms with Gasteiger partial charge in [0.15, 0.2) is 0 Å². The van der Waals surface area contributed by atoms with E-state index in [-0.39, 0.29) is 0 Å². The van der Waals surface area contributed by atoms with E-state index in [1.807, 2.05) is 24.4 Å². The number of aryl methyl sites for hydroxylation is 1. The molecule has 0 amide bonds. The monoisotopic (exact) mass is 209 g/mol. The van der Waals surface area contributed by atoms with Crippen LogP contribution < -0.4 is 0 Å². The Hall–Kier alpha value is -1.89. The zero-order valence-corrected chi connectivity index (χ0v) is 9.48. The Morgan fingerprint density at radius 3 is 2.88 bits per heavy atom. The number of pyridine rings is 1. The van der Waals surface area contributed by atoms with Gasteiger partial charge in [0, 0.05) is 11.8 Å². The molecule has 2 aromatic rings. The topological polar surface area (TPSA) is 12.9 Å². The fraction of sp³-hybridized carbons (Fsp3) is 0.133. The second-order valence-corrected chi connectivity index (χ2v) is 3.73. The van der Waals surface area contributed by atoms with Crippen LogP contribution in [0.2, 0.25) is 0 Å². The third-order valence-electron chi connectivity index (χ3n) is 2.65. The van der Waals surface area contributed by atoms with Gasteiger partial charge in [-0.25, -0.2) is 0 Å². The molecule has 80 valence electrons. The summed E-state index contributed by atoms with van der Waals surface area (Å²) in [6.45, 7) is 5.93. The SMILES string of the molecule is C=Cc1cccc(-c2cc(CC)ccn2)c1. The predicted molar refractivity (Wildman–Crippen MR) is 69.1 cm³/mol. The summed E-state index contributed by atoms with van der Waals surface area (Å²) < 4.78 is 0. The lowest BCUT2D eigenvalue weighted by atomic mass is 10.1. The molecule has 0 saturated heterocycles. The molecule has 2 rings (SSSR count). The van der Waals surface area contributed by atoms with Gasteiger partial charge in [0.2, 0.25) is 0 Å². The Morgan fingerprint density at radius 1 is 1.25 bits per heavy atom. The highest BCUT2D eigenvalue weighted by Gasteiger charge is 2.00. The summed E-state index contributed by atoms with van der Waals surface area (Å²) in [5, 5.41) is 0. The Kier molecular flexibility index (Phi) is 3.16. The first kappa shape index (κ1) is 10.6. The molecule has 0 saturated carbocycles. The first-order chi connectivity index (χ1) is 7.83. The average Bonchev–Trinajstić information content (AvgIpc) is 2.39. The van der Waals surface area contributed by atoms with Gasteiger partial charge in [0.1, 0.15) is 0 Å². The molecule has 0 N–H and O–H groups in total. The van der Waals surface area contributed by atoms with E-state index in [2.05, 4.69) is 42.8 Å². The zero-order chi connectivity index (χ0) is 11.4. The quantitative estimate of drug-likeness (QED) is 0.745. The molecule has 16 heavy (non-hydrogen) atoms. The van der Waals surface area contributed by atoms with Crippen molar-refractivity contribution in [2.24, 2.45) is 0 Å². The Labute approximate surface area is 96.5 Å². The molecule has 0 radical (unpaired) electrons. The molecule has 0 aliphatic heterocycles. The summed E-state index contributed by atoms with van der Waals surface area (Å²) >= 11 is 0. The van der Waals surface area contributed by atoms with Gasteiger partial charge in [-0.3, -0.25) is 4.98 Å². The number of benzene rings is 1. The van der Waals surface area contributed by atoms with Gasteiger partial charge in [-0.1, -0.05) is 37.8 Å². The van der Waals surface area contributed by atoms with Crippen molar-refractivity contribution in [2.75, 3.05) is 0 Å². The van der Waals surface area contributed by atoms with Gasteiger partial charge >= 0.3 is 0 Å². The van der Waals surface area contributed by atoms with E-state index in [4.69, 9.17) is 0 Å². The summed E-state index contributed by atoms with van der Waals surface area (Å²) in [5.74, 6) is 0.